The van der Waals surface area contributed by atoms with E-state index in [1.54, 1.807) is 17.7 Å². The molecule has 5 nitrogen and oxygen atoms in total. The second-order valence-electron chi connectivity index (χ2n) is 5.07. The number of rotatable bonds is 4. The van der Waals surface area contributed by atoms with Crippen molar-refractivity contribution in [1.82, 2.24) is 9.97 Å². The summed E-state index contributed by atoms with van der Waals surface area (Å²) in [6, 6.07) is 0. The quantitative estimate of drug-likeness (QED) is 0.934. The van der Waals surface area contributed by atoms with Crippen LogP contribution in [-0.4, -0.2) is 47.5 Å². The number of hydrogen-bond donors (Lipinski definition) is 1. The fraction of sp³-hybridized carbons (Fsp3) is 0.571. The van der Waals surface area contributed by atoms with Crippen LogP contribution in [0, 0.1) is 6.92 Å². The highest BCUT2D eigenvalue weighted by Gasteiger charge is 2.22. The zero-order valence-electron chi connectivity index (χ0n) is 11.6. The normalized spacial score (nSPS) is 17.0. The number of aliphatic hydroxyl groups is 1. The number of anilines is 1. The number of aromatic nitrogens is 2. The van der Waals surface area contributed by atoms with Crippen LogP contribution in [-0.2, 0) is 4.74 Å². The van der Waals surface area contributed by atoms with Gasteiger partial charge in [0.25, 0.3) is 0 Å². The van der Waals surface area contributed by atoms with Crippen molar-refractivity contribution in [3.63, 3.8) is 0 Å². The van der Waals surface area contributed by atoms with E-state index in [9.17, 15) is 0 Å². The minimum atomic E-state index is 0.0984. The van der Waals surface area contributed by atoms with E-state index in [0.717, 1.165) is 37.3 Å². The van der Waals surface area contributed by atoms with Gasteiger partial charge >= 0.3 is 0 Å². The van der Waals surface area contributed by atoms with E-state index in [2.05, 4.69) is 27.2 Å². The topological polar surface area (TPSA) is 58.5 Å². The minimum Gasteiger partial charge on any atom is -0.394 e. The van der Waals surface area contributed by atoms with Crippen LogP contribution >= 0.6 is 11.3 Å². The van der Waals surface area contributed by atoms with Gasteiger partial charge in [-0.3, -0.25) is 0 Å². The van der Waals surface area contributed by atoms with Crippen LogP contribution in [0.4, 0.5) is 5.82 Å². The fourth-order valence-electron chi connectivity index (χ4n) is 2.64. The predicted octanol–water partition coefficient (Wildman–Crippen LogP) is 1.98. The van der Waals surface area contributed by atoms with Gasteiger partial charge in [-0.2, -0.15) is 0 Å². The standard InChI is InChI=1S/C14H19N3O2S/c1-10-8-20-13-12(10)15-9-16-14(13)17-4-2-11(3-5-17)19-7-6-18/h8-9,11,18H,2-7H2,1H3. The molecule has 0 saturated carbocycles. The predicted molar refractivity (Wildman–Crippen MR) is 80.4 cm³/mol. The second kappa shape index (κ2) is 6.03. The van der Waals surface area contributed by atoms with Crippen LogP contribution in [0.5, 0.6) is 0 Å². The lowest BCUT2D eigenvalue weighted by Crippen LogP contribution is -2.37. The third kappa shape index (κ3) is 2.63. The van der Waals surface area contributed by atoms with E-state index in [4.69, 9.17) is 9.84 Å². The van der Waals surface area contributed by atoms with Crippen molar-refractivity contribution in [1.29, 1.82) is 0 Å². The zero-order valence-corrected chi connectivity index (χ0v) is 12.4. The molecule has 0 amide bonds. The molecular formula is C14H19N3O2S. The summed E-state index contributed by atoms with van der Waals surface area (Å²) >= 11 is 1.72. The van der Waals surface area contributed by atoms with Crippen molar-refractivity contribution >= 4 is 27.4 Å². The highest BCUT2D eigenvalue weighted by atomic mass is 32.1. The largest absolute Gasteiger partial charge is 0.394 e. The molecule has 3 heterocycles. The molecule has 1 N–H and O–H groups in total. The molecule has 1 saturated heterocycles. The molecule has 0 aromatic carbocycles. The Morgan fingerprint density at radius 1 is 1.40 bits per heavy atom. The Hall–Kier alpha value is -1.24. The number of nitrogens with zero attached hydrogens (tertiary/aromatic N) is 3. The summed E-state index contributed by atoms with van der Waals surface area (Å²) in [4.78, 5) is 11.2. The van der Waals surface area contributed by atoms with E-state index in [-0.39, 0.29) is 12.7 Å². The van der Waals surface area contributed by atoms with Crippen LogP contribution in [0.15, 0.2) is 11.7 Å². The van der Waals surface area contributed by atoms with Crippen LogP contribution in [0.2, 0.25) is 0 Å². The van der Waals surface area contributed by atoms with Crippen molar-refractivity contribution < 1.29 is 9.84 Å². The third-order valence-corrected chi connectivity index (χ3v) is 4.78. The molecular weight excluding hydrogens is 274 g/mol. The first-order valence-corrected chi connectivity index (χ1v) is 7.83. The lowest BCUT2D eigenvalue weighted by molar-refractivity contribution is 0.0158. The van der Waals surface area contributed by atoms with Crippen LogP contribution in [0.25, 0.3) is 10.2 Å². The summed E-state index contributed by atoms with van der Waals surface area (Å²) < 4.78 is 6.78. The Bertz CT molecular complexity index is 579. The lowest BCUT2D eigenvalue weighted by Gasteiger charge is -2.32. The average molecular weight is 293 g/mol. The first-order valence-electron chi connectivity index (χ1n) is 6.96. The molecule has 0 atom stereocenters. The van der Waals surface area contributed by atoms with Gasteiger partial charge in [0.2, 0.25) is 0 Å². The van der Waals surface area contributed by atoms with E-state index in [1.165, 1.54) is 10.3 Å². The molecule has 0 unspecified atom stereocenters. The maximum absolute atomic E-state index is 8.80. The number of fused-ring (bicyclic) bond motifs is 1. The van der Waals surface area contributed by atoms with Gasteiger partial charge in [0.1, 0.15) is 12.1 Å². The Morgan fingerprint density at radius 2 is 2.20 bits per heavy atom. The molecule has 0 spiro atoms. The maximum Gasteiger partial charge on any atom is 0.150 e. The Kier molecular flexibility index (Phi) is 4.14. The third-order valence-electron chi connectivity index (χ3n) is 3.70. The summed E-state index contributed by atoms with van der Waals surface area (Å²) in [5.41, 5.74) is 2.29. The smallest absolute Gasteiger partial charge is 0.150 e. The molecule has 0 bridgehead atoms. The average Bonchev–Trinajstić information content (AvgIpc) is 2.87. The Balaban J connectivity index is 1.73. The summed E-state index contributed by atoms with van der Waals surface area (Å²) in [7, 11) is 0. The molecule has 2 aromatic heterocycles. The number of ether oxygens (including phenoxy) is 1. The highest BCUT2D eigenvalue weighted by Crippen LogP contribution is 2.32. The van der Waals surface area contributed by atoms with Crippen molar-refractivity contribution in [3.8, 4) is 0 Å². The van der Waals surface area contributed by atoms with Gasteiger partial charge in [-0.15, -0.1) is 11.3 Å². The second-order valence-corrected chi connectivity index (χ2v) is 5.95. The first-order chi connectivity index (χ1) is 9.79. The monoisotopic (exact) mass is 293 g/mol. The van der Waals surface area contributed by atoms with Crippen molar-refractivity contribution in [3.05, 3.63) is 17.3 Å². The molecule has 0 radical (unpaired) electrons. The maximum atomic E-state index is 8.80. The van der Waals surface area contributed by atoms with E-state index >= 15 is 0 Å². The molecule has 1 aliphatic rings. The minimum absolute atomic E-state index is 0.0984. The molecule has 2 aromatic rings. The van der Waals surface area contributed by atoms with Gasteiger partial charge in [-0.05, 0) is 30.7 Å². The summed E-state index contributed by atoms with van der Waals surface area (Å²) in [6.45, 7) is 4.51. The SMILES string of the molecule is Cc1csc2c(N3CCC(OCCO)CC3)ncnc12. The molecule has 0 aliphatic carbocycles. The van der Waals surface area contributed by atoms with Gasteiger partial charge in [-0.25, -0.2) is 9.97 Å². The number of thiophene rings is 1. The summed E-state index contributed by atoms with van der Waals surface area (Å²) in [5, 5.41) is 10.9. The zero-order chi connectivity index (χ0) is 13.9. The van der Waals surface area contributed by atoms with Gasteiger partial charge < -0.3 is 14.7 Å². The number of hydrogen-bond acceptors (Lipinski definition) is 6. The molecule has 1 aliphatic heterocycles. The Morgan fingerprint density at radius 3 is 2.95 bits per heavy atom. The summed E-state index contributed by atoms with van der Waals surface area (Å²) in [5.74, 6) is 1.05. The Labute approximate surface area is 122 Å². The van der Waals surface area contributed by atoms with Gasteiger partial charge in [0, 0.05) is 13.1 Å². The van der Waals surface area contributed by atoms with Gasteiger partial charge in [0.05, 0.1) is 29.5 Å². The van der Waals surface area contributed by atoms with E-state index in [0.29, 0.717) is 6.61 Å². The molecule has 20 heavy (non-hydrogen) atoms. The fourth-order valence-corrected chi connectivity index (χ4v) is 3.65. The van der Waals surface area contributed by atoms with E-state index in [1.807, 2.05) is 0 Å². The van der Waals surface area contributed by atoms with Crippen LogP contribution < -0.4 is 4.90 Å². The molecule has 108 valence electrons. The number of aliphatic hydroxyl groups excluding tert-OH is 1. The van der Waals surface area contributed by atoms with Crippen molar-refractivity contribution in [2.75, 3.05) is 31.2 Å². The summed E-state index contributed by atoms with van der Waals surface area (Å²) in [6.07, 6.45) is 3.89. The molecule has 6 heteroatoms. The van der Waals surface area contributed by atoms with Crippen molar-refractivity contribution in [2.24, 2.45) is 0 Å². The number of aryl methyl sites for hydroxylation is 1. The van der Waals surface area contributed by atoms with Crippen LogP contribution in [0.1, 0.15) is 18.4 Å². The highest BCUT2D eigenvalue weighted by molar-refractivity contribution is 7.18. The lowest BCUT2D eigenvalue weighted by atomic mass is 10.1. The van der Waals surface area contributed by atoms with Gasteiger partial charge in [0.15, 0.2) is 0 Å². The van der Waals surface area contributed by atoms with E-state index < -0.39 is 0 Å². The first kappa shape index (κ1) is 13.7. The number of piperidine rings is 1. The van der Waals surface area contributed by atoms with Gasteiger partial charge in [-0.1, -0.05) is 0 Å². The van der Waals surface area contributed by atoms with Crippen LogP contribution in [0.3, 0.4) is 0 Å². The van der Waals surface area contributed by atoms with Crippen molar-refractivity contribution in [2.45, 2.75) is 25.9 Å². The molecule has 3 rings (SSSR count). The molecule has 1 fully saturated rings.